The van der Waals surface area contributed by atoms with Crippen LogP contribution in [0.2, 0.25) is 5.02 Å². The Kier molecular flexibility index (Phi) is 4.79. The zero-order valence-electron chi connectivity index (χ0n) is 11.3. The Morgan fingerprint density at radius 2 is 2.14 bits per heavy atom. The molecule has 1 atom stereocenters. The van der Waals surface area contributed by atoms with Crippen molar-refractivity contribution >= 4 is 39.3 Å². The molecule has 2 N–H and O–H groups in total. The van der Waals surface area contributed by atoms with Crippen molar-refractivity contribution in [1.29, 1.82) is 0 Å². The minimum absolute atomic E-state index is 0.268. The monoisotopic (exact) mass is 383 g/mol. The van der Waals surface area contributed by atoms with E-state index in [4.69, 9.17) is 11.6 Å². The molecule has 110 valence electrons. The van der Waals surface area contributed by atoms with Crippen LogP contribution in [0.5, 0.6) is 5.75 Å². The van der Waals surface area contributed by atoms with Gasteiger partial charge in [0, 0.05) is 22.5 Å². The lowest BCUT2D eigenvalue weighted by atomic mass is 10.0. The number of rotatable bonds is 3. The summed E-state index contributed by atoms with van der Waals surface area (Å²) in [6.45, 7) is 0.764. The maximum absolute atomic E-state index is 9.54. The summed E-state index contributed by atoms with van der Waals surface area (Å²) in [5.74, 6) is 1.39. The SMILES string of the molecule is Oc1ccc(CNC2CCSc3ccc(Cl)cc32)cc1Br. The molecule has 2 aromatic rings. The quantitative estimate of drug-likeness (QED) is 0.769. The molecule has 2 nitrogen and oxygen atoms in total. The highest BCUT2D eigenvalue weighted by atomic mass is 79.9. The Morgan fingerprint density at radius 1 is 1.29 bits per heavy atom. The van der Waals surface area contributed by atoms with Gasteiger partial charge >= 0.3 is 0 Å². The number of fused-ring (bicyclic) bond motifs is 1. The predicted molar refractivity (Wildman–Crippen MR) is 92.2 cm³/mol. The molecule has 0 bridgehead atoms. The van der Waals surface area contributed by atoms with Crippen LogP contribution in [0.15, 0.2) is 45.8 Å². The van der Waals surface area contributed by atoms with Gasteiger partial charge in [-0.3, -0.25) is 0 Å². The minimum atomic E-state index is 0.268. The zero-order chi connectivity index (χ0) is 14.8. The Balaban J connectivity index is 1.74. The van der Waals surface area contributed by atoms with Gasteiger partial charge in [-0.25, -0.2) is 0 Å². The molecule has 0 fully saturated rings. The molecular weight excluding hydrogens is 370 g/mol. The van der Waals surface area contributed by atoms with Gasteiger partial charge in [0.05, 0.1) is 4.47 Å². The Morgan fingerprint density at radius 3 is 2.95 bits per heavy atom. The lowest BCUT2D eigenvalue weighted by Crippen LogP contribution is -2.24. The number of halogens is 2. The first-order valence-electron chi connectivity index (χ1n) is 6.76. The Bertz CT molecular complexity index is 665. The van der Waals surface area contributed by atoms with E-state index >= 15 is 0 Å². The summed E-state index contributed by atoms with van der Waals surface area (Å²) < 4.78 is 0.726. The predicted octanol–water partition coefficient (Wildman–Crippen LogP) is 5.13. The Labute approximate surface area is 142 Å². The molecule has 3 rings (SSSR count). The van der Waals surface area contributed by atoms with Crippen LogP contribution in [-0.2, 0) is 6.54 Å². The molecule has 1 aliphatic heterocycles. The minimum Gasteiger partial charge on any atom is -0.507 e. The number of hydrogen-bond donors (Lipinski definition) is 2. The maximum Gasteiger partial charge on any atom is 0.129 e. The fourth-order valence-corrected chi connectivity index (χ4v) is 4.19. The third-order valence-electron chi connectivity index (χ3n) is 3.58. The van der Waals surface area contributed by atoms with E-state index in [-0.39, 0.29) is 5.75 Å². The van der Waals surface area contributed by atoms with Gasteiger partial charge in [-0.05, 0) is 69.6 Å². The van der Waals surface area contributed by atoms with Crippen LogP contribution >= 0.6 is 39.3 Å². The van der Waals surface area contributed by atoms with E-state index in [1.165, 1.54) is 10.5 Å². The standard InChI is InChI=1S/C16H15BrClNOS/c17-13-7-10(1-3-15(13)20)9-19-14-5-6-21-16-4-2-11(18)8-12(14)16/h1-4,7-8,14,19-20H,5-6,9H2. The topological polar surface area (TPSA) is 32.3 Å². The lowest BCUT2D eigenvalue weighted by molar-refractivity contribution is 0.470. The van der Waals surface area contributed by atoms with Gasteiger partial charge in [0.25, 0.3) is 0 Å². The van der Waals surface area contributed by atoms with Crippen molar-refractivity contribution in [1.82, 2.24) is 5.32 Å². The second kappa shape index (κ2) is 6.61. The Hall–Kier alpha value is -0.680. The third-order valence-corrected chi connectivity index (χ3v) is 5.57. The number of thioether (sulfide) groups is 1. The number of phenolic OH excluding ortho intramolecular Hbond substituents is 1. The van der Waals surface area contributed by atoms with Crippen LogP contribution < -0.4 is 5.32 Å². The van der Waals surface area contributed by atoms with E-state index in [2.05, 4.69) is 33.4 Å². The van der Waals surface area contributed by atoms with Crippen molar-refractivity contribution < 1.29 is 5.11 Å². The number of nitrogens with one attached hydrogen (secondary N) is 1. The first-order chi connectivity index (χ1) is 10.1. The van der Waals surface area contributed by atoms with Gasteiger partial charge < -0.3 is 10.4 Å². The summed E-state index contributed by atoms with van der Waals surface area (Å²) in [4.78, 5) is 1.31. The molecule has 0 saturated carbocycles. The van der Waals surface area contributed by atoms with Crippen LogP contribution in [0, 0.1) is 0 Å². The highest BCUT2D eigenvalue weighted by Gasteiger charge is 2.20. The third kappa shape index (κ3) is 3.57. The largest absolute Gasteiger partial charge is 0.507 e. The maximum atomic E-state index is 9.54. The lowest BCUT2D eigenvalue weighted by Gasteiger charge is -2.26. The summed E-state index contributed by atoms with van der Waals surface area (Å²) in [7, 11) is 0. The first kappa shape index (κ1) is 15.2. The number of benzene rings is 2. The van der Waals surface area contributed by atoms with Crippen molar-refractivity contribution in [2.24, 2.45) is 0 Å². The molecule has 1 heterocycles. The summed E-state index contributed by atoms with van der Waals surface area (Å²) in [5, 5.41) is 13.9. The van der Waals surface area contributed by atoms with Crippen LogP contribution in [0.4, 0.5) is 0 Å². The molecular formula is C16H15BrClNOS. The molecule has 0 aromatic heterocycles. The molecule has 2 aromatic carbocycles. The van der Waals surface area contributed by atoms with Crippen molar-refractivity contribution in [2.75, 3.05) is 5.75 Å². The smallest absolute Gasteiger partial charge is 0.129 e. The average Bonchev–Trinajstić information content (AvgIpc) is 2.48. The van der Waals surface area contributed by atoms with Crippen LogP contribution in [-0.4, -0.2) is 10.9 Å². The van der Waals surface area contributed by atoms with E-state index in [0.717, 1.165) is 33.8 Å². The highest BCUT2D eigenvalue weighted by Crippen LogP contribution is 2.37. The highest BCUT2D eigenvalue weighted by molar-refractivity contribution is 9.10. The number of phenols is 1. The van der Waals surface area contributed by atoms with Crippen LogP contribution in [0.25, 0.3) is 0 Å². The van der Waals surface area contributed by atoms with Gasteiger partial charge in [0.15, 0.2) is 0 Å². The van der Waals surface area contributed by atoms with E-state index in [1.807, 2.05) is 30.0 Å². The van der Waals surface area contributed by atoms with Gasteiger partial charge in [-0.1, -0.05) is 17.7 Å². The van der Waals surface area contributed by atoms with Crippen LogP contribution in [0.3, 0.4) is 0 Å². The normalized spacial score (nSPS) is 17.5. The first-order valence-corrected chi connectivity index (χ1v) is 8.92. The van der Waals surface area contributed by atoms with Crippen molar-refractivity contribution in [2.45, 2.75) is 23.9 Å². The summed E-state index contributed by atoms with van der Waals surface area (Å²) in [6.07, 6.45) is 1.09. The van der Waals surface area contributed by atoms with Gasteiger partial charge in [-0.2, -0.15) is 0 Å². The molecule has 0 aliphatic carbocycles. The van der Waals surface area contributed by atoms with E-state index in [0.29, 0.717) is 6.04 Å². The van der Waals surface area contributed by atoms with Gasteiger partial charge in [0.1, 0.15) is 5.75 Å². The molecule has 1 unspecified atom stereocenters. The average molecular weight is 385 g/mol. The molecule has 0 spiro atoms. The van der Waals surface area contributed by atoms with E-state index in [9.17, 15) is 5.11 Å². The summed E-state index contributed by atoms with van der Waals surface area (Å²) in [6, 6.07) is 12.0. The van der Waals surface area contributed by atoms with Crippen molar-refractivity contribution in [3.05, 3.63) is 57.0 Å². The summed E-state index contributed by atoms with van der Waals surface area (Å²) >= 11 is 11.4. The summed E-state index contributed by atoms with van der Waals surface area (Å²) in [5.41, 5.74) is 2.43. The second-order valence-corrected chi connectivity index (χ2v) is 7.47. The fourth-order valence-electron chi connectivity index (χ4n) is 2.48. The molecule has 0 saturated heterocycles. The fraction of sp³-hybridized carbons (Fsp3) is 0.250. The molecule has 0 radical (unpaired) electrons. The van der Waals surface area contributed by atoms with Crippen molar-refractivity contribution in [3.63, 3.8) is 0 Å². The molecule has 5 heteroatoms. The molecule has 1 aliphatic rings. The van der Waals surface area contributed by atoms with E-state index < -0.39 is 0 Å². The second-order valence-electron chi connectivity index (χ2n) is 5.04. The van der Waals surface area contributed by atoms with Gasteiger partial charge in [0.2, 0.25) is 0 Å². The number of aromatic hydroxyl groups is 1. The van der Waals surface area contributed by atoms with Gasteiger partial charge in [-0.15, -0.1) is 11.8 Å². The molecule has 21 heavy (non-hydrogen) atoms. The molecule has 0 amide bonds. The van der Waals surface area contributed by atoms with E-state index in [1.54, 1.807) is 6.07 Å². The zero-order valence-corrected chi connectivity index (χ0v) is 14.4. The van der Waals surface area contributed by atoms with Crippen LogP contribution in [0.1, 0.15) is 23.6 Å². The number of hydrogen-bond acceptors (Lipinski definition) is 3. The van der Waals surface area contributed by atoms with Crippen molar-refractivity contribution in [3.8, 4) is 5.75 Å².